The quantitative estimate of drug-likeness (QED) is 0.797. The maximum Gasteiger partial charge on any atom is 0.256 e. The van der Waals surface area contributed by atoms with E-state index in [0.29, 0.717) is 28.4 Å². The van der Waals surface area contributed by atoms with Crippen molar-refractivity contribution in [2.45, 2.75) is 0 Å². The molecule has 120 valence electrons. The van der Waals surface area contributed by atoms with Gasteiger partial charge in [-0.05, 0) is 36.4 Å². The Labute approximate surface area is 138 Å². The predicted molar refractivity (Wildman–Crippen MR) is 88.4 cm³/mol. The number of anilines is 1. The number of methoxy groups -OCH3 is 1. The molecule has 0 spiro atoms. The van der Waals surface area contributed by atoms with Crippen LogP contribution < -0.4 is 10.1 Å². The maximum absolute atomic E-state index is 13.3. The van der Waals surface area contributed by atoms with E-state index in [1.165, 1.54) is 19.2 Å². The molecule has 2 aromatic carbocycles. The number of amides is 1. The fraction of sp³-hybridized carbons (Fsp3) is 0.0556. The van der Waals surface area contributed by atoms with E-state index in [1.54, 1.807) is 42.5 Å². The predicted octanol–water partition coefficient (Wildman–Crippen LogP) is 3.54. The normalized spacial score (nSPS) is 10.2. The number of hydrogen-bond acceptors (Lipinski definition) is 4. The Morgan fingerprint density at radius 1 is 1.04 bits per heavy atom. The van der Waals surface area contributed by atoms with Gasteiger partial charge >= 0.3 is 0 Å². The fourth-order valence-corrected chi connectivity index (χ4v) is 2.20. The molecule has 6 heteroatoms. The van der Waals surface area contributed by atoms with Crippen LogP contribution in [-0.4, -0.2) is 23.2 Å². The minimum absolute atomic E-state index is 0.267. The molecule has 0 saturated heterocycles. The van der Waals surface area contributed by atoms with Gasteiger partial charge in [0.15, 0.2) is 5.82 Å². The number of nitrogens with zero attached hydrogens (tertiary/aromatic N) is 2. The zero-order valence-corrected chi connectivity index (χ0v) is 12.9. The summed E-state index contributed by atoms with van der Waals surface area (Å²) in [6.07, 6.45) is 0. The summed E-state index contributed by atoms with van der Waals surface area (Å²) in [4.78, 5) is 12.1. The third-order valence-electron chi connectivity index (χ3n) is 3.38. The Balaban J connectivity index is 1.80. The molecular weight excluding hydrogens is 309 g/mol. The van der Waals surface area contributed by atoms with Crippen molar-refractivity contribution in [3.63, 3.8) is 0 Å². The van der Waals surface area contributed by atoms with Crippen LogP contribution in [0.3, 0.4) is 0 Å². The molecule has 0 aliphatic carbocycles. The van der Waals surface area contributed by atoms with Crippen LogP contribution in [0.25, 0.3) is 11.3 Å². The molecule has 0 saturated carbocycles. The van der Waals surface area contributed by atoms with Gasteiger partial charge in [-0.15, -0.1) is 10.2 Å². The Morgan fingerprint density at radius 3 is 2.50 bits per heavy atom. The molecule has 1 aromatic heterocycles. The first kappa shape index (κ1) is 15.6. The smallest absolute Gasteiger partial charge is 0.256 e. The molecule has 0 fully saturated rings. The van der Waals surface area contributed by atoms with E-state index in [9.17, 15) is 9.18 Å². The summed E-state index contributed by atoms with van der Waals surface area (Å²) in [5, 5.41) is 10.7. The molecule has 1 heterocycles. The van der Waals surface area contributed by atoms with Crippen molar-refractivity contribution in [2.24, 2.45) is 0 Å². The third kappa shape index (κ3) is 3.38. The summed E-state index contributed by atoms with van der Waals surface area (Å²) in [7, 11) is 1.46. The zero-order valence-electron chi connectivity index (χ0n) is 12.9. The van der Waals surface area contributed by atoms with E-state index in [4.69, 9.17) is 4.74 Å². The van der Waals surface area contributed by atoms with Crippen molar-refractivity contribution >= 4 is 11.7 Å². The second-order valence-corrected chi connectivity index (χ2v) is 4.97. The summed E-state index contributed by atoms with van der Waals surface area (Å²) in [6, 6.07) is 16.3. The highest BCUT2D eigenvalue weighted by Gasteiger charge is 2.10. The second kappa shape index (κ2) is 6.87. The number of halogens is 1. The van der Waals surface area contributed by atoms with Gasteiger partial charge in [-0.1, -0.05) is 18.2 Å². The van der Waals surface area contributed by atoms with E-state index in [0.717, 1.165) is 0 Å². The molecule has 5 nitrogen and oxygen atoms in total. The molecule has 0 atom stereocenters. The van der Waals surface area contributed by atoms with Crippen LogP contribution >= 0.6 is 0 Å². The van der Waals surface area contributed by atoms with Crippen molar-refractivity contribution in [1.82, 2.24) is 10.2 Å². The molecule has 0 aliphatic rings. The highest BCUT2D eigenvalue weighted by Crippen LogP contribution is 2.29. The first-order chi connectivity index (χ1) is 11.7. The SMILES string of the molecule is COc1cc(F)ccc1-c1ccc(NC(=O)c2ccccc2)nn1. The second-order valence-electron chi connectivity index (χ2n) is 4.97. The van der Waals surface area contributed by atoms with Gasteiger partial charge in [-0.3, -0.25) is 4.79 Å². The monoisotopic (exact) mass is 323 g/mol. The van der Waals surface area contributed by atoms with Crippen molar-refractivity contribution in [2.75, 3.05) is 12.4 Å². The van der Waals surface area contributed by atoms with E-state index in [1.807, 2.05) is 6.07 Å². The van der Waals surface area contributed by atoms with Gasteiger partial charge in [0.05, 0.1) is 12.8 Å². The van der Waals surface area contributed by atoms with Gasteiger partial charge in [-0.2, -0.15) is 0 Å². The molecule has 24 heavy (non-hydrogen) atoms. The lowest BCUT2D eigenvalue weighted by atomic mass is 10.1. The number of carbonyl (C=O) groups is 1. The van der Waals surface area contributed by atoms with Gasteiger partial charge in [0.2, 0.25) is 0 Å². The lowest BCUT2D eigenvalue weighted by molar-refractivity contribution is 0.102. The largest absolute Gasteiger partial charge is 0.496 e. The highest BCUT2D eigenvalue weighted by molar-refractivity contribution is 6.03. The standard InChI is InChI=1S/C18H14FN3O2/c1-24-16-11-13(19)7-8-14(16)15-9-10-17(22-21-15)20-18(23)12-5-3-2-4-6-12/h2-11H,1H3,(H,20,22,23). The lowest BCUT2D eigenvalue weighted by Gasteiger charge is -2.08. The summed E-state index contributed by atoms with van der Waals surface area (Å²) < 4.78 is 18.4. The molecule has 0 bridgehead atoms. The number of ether oxygens (including phenoxy) is 1. The average Bonchev–Trinajstić information content (AvgIpc) is 2.63. The summed E-state index contributed by atoms with van der Waals surface area (Å²) in [5.74, 6) is 0.0337. The van der Waals surface area contributed by atoms with Crippen LogP contribution in [0.4, 0.5) is 10.2 Å². The van der Waals surface area contributed by atoms with Crippen LogP contribution in [0.15, 0.2) is 60.7 Å². The van der Waals surface area contributed by atoms with Crippen molar-refractivity contribution < 1.29 is 13.9 Å². The molecule has 0 aliphatic heterocycles. The Kier molecular flexibility index (Phi) is 4.47. The van der Waals surface area contributed by atoms with Gasteiger partial charge in [-0.25, -0.2) is 4.39 Å². The Hall–Kier alpha value is -3.28. The zero-order chi connectivity index (χ0) is 16.9. The minimum Gasteiger partial charge on any atom is -0.496 e. The Bertz CT molecular complexity index is 852. The first-order valence-electron chi connectivity index (χ1n) is 7.21. The van der Waals surface area contributed by atoms with Crippen LogP contribution in [0.5, 0.6) is 5.75 Å². The fourth-order valence-electron chi connectivity index (χ4n) is 2.20. The number of aromatic nitrogens is 2. The maximum atomic E-state index is 13.3. The van der Waals surface area contributed by atoms with E-state index in [2.05, 4.69) is 15.5 Å². The van der Waals surface area contributed by atoms with E-state index in [-0.39, 0.29) is 5.91 Å². The molecule has 3 aromatic rings. The van der Waals surface area contributed by atoms with Gasteiger partial charge in [0.25, 0.3) is 5.91 Å². The van der Waals surface area contributed by atoms with Crippen molar-refractivity contribution in [3.05, 3.63) is 72.0 Å². The number of carbonyl (C=O) groups excluding carboxylic acids is 1. The molecule has 3 rings (SSSR count). The van der Waals surface area contributed by atoms with Gasteiger partial charge in [0, 0.05) is 17.2 Å². The number of benzene rings is 2. The highest BCUT2D eigenvalue weighted by atomic mass is 19.1. The molecular formula is C18H14FN3O2. The number of nitrogens with one attached hydrogen (secondary N) is 1. The Morgan fingerprint density at radius 2 is 1.83 bits per heavy atom. The van der Waals surface area contributed by atoms with Crippen molar-refractivity contribution in [1.29, 1.82) is 0 Å². The van der Waals surface area contributed by atoms with E-state index >= 15 is 0 Å². The summed E-state index contributed by atoms with van der Waals surface area (Å²) >= 11 is 0. The molecule has 0 radical (unpaired) electrons. The van der Waals surface area contributed by atoms with Crippen molar-refractivity contribution in [3.8, 4) is 17.0 Å². The summed E-state index contributed by atoms with van der Waals surface area (Å²) in [6.45, 7) is 0. The van der Waals surface area contributed by atoms with Crippen LogP contribution in [0, 0.1) is 5.82 Å². The third-order valence-corrected chi connectivity index (χ3v) is 3.38. The molecule has 1 N–H and O–H groups in total. The lowest BCUT2D eigenvalue weighted by Crippen LogP contribution is -2.13. The van der Waals surface area contributed by atoms with Crippen LogP contribution in [-0.2, 0) is 0 Å². The van der Waals surface area contributed by atoms with Crippen LogP contribution in [0.2, 0.25) is 0 Å². The summed E-state index contributed by atoms with van der Waals surface area (Å²) in [5.41, 5.74) is 1.67. The van der Waals surface area contributed by atoms with Gasteiger partial charge < -0.3 is 10.1 Å². The number of rotatable bonds is 4. The average molecular weight is 323 g/mol. The molecule has 1 amide bonds. The van der Waals surface area contributed by atoms with Crippen LogP contribution in [0.1, 0.15) is 10.4 Å². The van der Waals surface area contributed by atoms with E-state index < -0.39 is 5.82 Å². The first-order valence-corrected chi connectivity index (χ1v) is 7.21. The number of hydrogen-bond donors (Lipinski definition) is 1. The molecule has 0 unspecified atom stereocenters. The minimum atomic E-state index is -0.393. The van der Waals surface area contributed by atoms with Gasteiger partial charge in [0.1, 0.15) is 11.6 Å². The topological polar surface area (TPSA) is 64.1 Å².